The van der Waals surface area contributed by atoms with E-state index in [0.29, 0.717) is 11.8 Å². The molecule has 2 aliphatic carbocycles. The third-order valence-electron chi connectivity index (χ3n) is 5.74. The number of carbonyl (C=O) groups excluding carboxylic acids is 2. The molecule has 0 unspecified atom stereocenters. The van der Waals surface area contributed by atoms with Crippen LogP contribution < -0.4 is 10.6 Å². The van der Waals surface area contributed by atoms with Gasteiger partial charge in [-0.2, -0.15) is 5.10 Å². The van der Waals surface area contributed by atoms with Crippen molar-refractivity contribution in [2.45, 2.75) is 59.0 Å². The topological polar surface area (TPSA) is 85.2 Å². The molecule has 2 saturated carbocycles. The van der Waals surface area contributed by atoms with Crippen molar-refractivity contribution < 1.29 is 14.3 Å². The average Bonchev–Trinajstić information content (AvgIpc) is 3.23. The number of nitrogens with zero attached hydrogens (tertiary/aromatic N) is 2. The third-order valence-corrected chi connectivity index (χ3v) is 5.74. The van der Waals surface area contributed by atoms with Crippen molar-refractivity contribution in [1.29, 1.82) is 0 Å². The number of esters is 1. The van der Waals surface area contributed by atoms with Gasteiger partial charge in [0.05, 0.1) is 30.1 Å². The summed E-state index contributed by atoms with van der Waals surface area (Å²) < 4.78 is 6.86. The zero-order chi connectivity index (χ0) is 18.3. The van der Waals surface area contributed by atoms with Gasteiger partial charge in [-0.25, -0.2) is 4.79 Å². The Morgan fingerprint density at radius 2 is 1.92 bits per heavy atom. The zero-order valence-corrected chi connectivity index (χ0v) is 15.6. The monoisotopic (exact) mass is 348 g/mol. The molecule has 3 rings (SSSR count). The summed E-state index contributed by atoms with van der Waals surface area (Å²) in [6.07, 6.45) is 3.10. The van der Waals surface area contributed by atoms with Crippen LogP contribution in [0, 0.1) is 31.6 Å². The van der Waals surface area contributed by atoms with Crippen molar-refractivity contribution >= 4 is 17.7 Å². The first-order valence-electron chi connectivity index (χ1n) is 9.04. The molecule has 2 fully saturated rings. The van der Waals surface area contributed by atoms with Gasteiger partial charge in [0.2, 0.25) is 0 Å². The van der Waals surface area contributed by atoms with E-state index in [0.717, 1.165) is 36.3 Å². The normalized spacial score (nSPS) is 27.6. The third kappa shape index (κ3) is 3.12. The molecule has 25 heavy (non-hydrogen) atoms. The lowest BCUT2D eigenvalue weighted by molar-refractivity contribution is -0.148. The number of anilines is 1. The Balaban J connectivity index is 1.72. The van der Waals surface area contributed by atoms with E-state index in [1.807, 2.05) is 18.5 Å². The lowest BCUT2D eigenvalue weighted by atomic mass is 9.84. The molecule has 1 heterocycles. The Kier molecular flexibility index (Phi) is 4.75. The van der Waals surface area contributed by atoms with E-state index in [1.54, 1.807) is 0 Å². The quantitative estimate of drug-likeness (QED) is 0.819. The average molecular weight is 348 g/mol. The molecule has 2 aliphatic rings. The number of amides is 2. The standard InChI is InChI=1S/C18H28N4O3/c1-9(2)22-11(4)15(10(3)21-22)19-18(24)20-16-13-7-6-12(8-13)14(16)17(23)25-5/h9,12-14,16H,6-8H2,1-5H3,(H2,19,20,24)/t12-,13-,14-,16-/m0/s1. The largest absolute Gasteiger partial charge is 0.469 e. The van der Waals surface area contributed by atoms with Crippen LogP contribution in [0.3, 0.4) is 0 Å². The number of rotatable bonds is 4. The summed E-state index contributed by atoms with van der Waals surface area (Å²) in [5, 5.41) is 10.5. The maximum Gasteiger partial charge on any atom is 0.319 e. The first kappa shape index (κ1) is 17.8. The van der Waals surface area contributed by atoms with Crippen LogP contribution in [0.5, 0.6) is 0 Å². The molecule has 0 saturated heterocycles. The van der Waals surface area contributed by atoms with Crippen LogP contribution in [-0.2, 0) is 9.53 Å². The summed E-state index contributed by atoms with van der Waals surface area (Å²) in [5.41, 5.74) is 2.46. The number of hydrogen-bond acceptors (Lipinski definition) is 4. The minimum absolute atomic E-state index is 0.146. The Morgan fingerprint density at radius 1 is 1.24 bits per heavy atom. The first-order valence-corrected chi connectivity index (χ1v) is 9.04. The van der Waals surface area contributed by atoms with Gasteiger partial charge in [0, 0.05) is 12.1 Å². The number of fused-ring (bicyclic) bond motifs is 2. The van der Waals surface area contributed by atoms with Crippen molar-refractivity contribution in [2.75, 3.05) is 12.4 Å². The number of nitrogens with one attached hydrogen (secondary N) is 2. The van der Waals surface area contributed by atoms with Gasteiger partial charge in [0.25, 0.3) is 0 Å². The van der Waals surface area contributed by atoms with Crippen molar-refractivity contribution in [3.63, 3.8) is 0 Å². The second-order valence-electron chi connectivity index (χ2n) is 7.59. The van der Waals surface area contributed by atoms with Crippen molar-refractivity contribution in [3.8, 4) is 0 Å². The van der Waals surface area contributed by atoms with Crippen LogP contribution in [0.15, 0.2) is 0 Å². The second-order valence-corrected chi connectivity index (χ2v) is 7.59. The van der Waals surface area contributed by atoms with E-state index >= 15 is 0 Å². The smallest absolute Gasteiger partial charge is 0.319 e. The van der Waals surface area contributed by atoms with Crippen molar-refractivity contribution in [3.05, 3.63) is 11.4 Å². The minimum atomic E-state index is -0.277. The molecular formula is C18H28N4O3. The van der Waals surface area contributed by atoms with Crippen LogP contribution in [0.2, 0.25) is 0 Å². The molecule has 7 heteroatoms. The maximum absolute atomic E-state index is 12.6. The van der Waals surface area contributed by atoms with E-state index in [-0.39, 0.29) is 30.0 Å². The molecule has 138 valence electrons. The predicted molar refractivity (Wildman–Crippen MR) is 94.4 cm³/mol. The molecule has 0 aromatic carbocycles. The van der Waals surface area contributed by atoms with Gasteiger partial charge in [-0.15, -0.1) is 0 Å². The van der Waals surface area contributed by atoms with E-state index in [4.69, 9.17) is 4.74 Å². The highest BCUT2D eigenvalue weighted by molar-refractivity contribution is 5.91. The number of aromatic nitrogens is 2. The molecule has 0 aliphatic heterocycles. The summed E-state index contributed by atoms with van der Waals surface area (Å²) in [5.74, 6) is 0.253. The Bertz CT molecular complexity index is 682. The lowest BCUT2D eigenvalue weighted by Gasteiger charge is -2.29. The van der Waals surface area contributed by atoms with Crippen LogP contribution in [0.25, 0.3) is 0 Å². The molecule has 2 N–H and O–H groups in total. The summed E-state index contributed by atoms with van der Waals surface area (Å²) in [4.78, 5) is 24.7. The molecule has 0 spiro atoms. The van der Waals surface area contributed by atoms with Crippen LogP contribution in [-0.4, -0.2) is 34.9 Å². The van der Waals surface area contributed by atoms with Crippen molar-refractivity contribution in [2.24, 2.45) is 17.8 Å². The maximum atomic E-state index is 12.6. The van der Waals surface area contributed by atoms with Crippen LogP contribution in [0.1, 0.15) is 50.5 Å². The van der Waals surface area contributed by atoms with E-state index in [1.165, 1.54) is 7.11 Å². The fraction of sp³-hybridized carbons (Fsp3) is 0.722. The molecule has 7 nitrogen and oxygen atoms in total. The van der Waals surface area contributed by atoms with E-state index in [2.05, 4.69) is 29.6 Å². The summed E-state index contributed by atoms with van der Waals surface area (Å²) in [6.45, 7) is 7.94. The van der Waals surface area contributed by atoms with Gasteiger partial charge in [-0.3, -0.25) is 9.48 Å². The minimum Gasteiger partial charge on any atom is -0.469 e. The first-order chi connectivity index (χ1) is 11.8. The number of hydrogen-bond donors (Lipinski definition) is 2. The van der Waals surface area contributed by atoms with Gasteiger partial charge >= 0.3 is 12.0 Å². The Labute approximate surface area is 148 Å². The van der Waals surface area contributed by atoms with Crippen LogP contribution >= 0.6 is 0 Å². The fourth-order valence-corrected chi connectivity index (χ4v) is 4.62. The van der Waals surface area contributed by atoms with Gasteiger partial charge in [0.1, 0.15) is 0 Å². The summed E-state index contributed by atoms with van der Waals surface area (Å²) in [6, 6.07) is -0.195. The van der Waals surface area contributed by atoms with Crippen molar-refractivity contribution in [1.82, 2.24) is 15.1 Å². The highest BCUT2D eigenvalue weighted by atomic mass is 16.5. The molecule has 1 aromatic heterocycles. The van der Waals surface area contributed by atoms with Gasteiger partial charge in [0.15, 0.2) is 0 Å². The molecule has 4 atom stereocenters. The summed E-state index contributed by atoms with van der Waals surface area (Å²) >= 11 is 0. The molecular weight excluding hydrogens is 320 g/mol. The second kappa shape index (κ2) is 6.69. The zero-order valence-electron chi connectivity index (χ0n) is 15.6. The number of aryl methyl sites for hydroxylation is 1. The molecule has 1 aromatic rings. The highest BCUT2D eigenvalue weighted by Gasteiger charge is 2.52. The fourth-order valence-electron chi connectivity index (χ4n) is 4.62. The lowest BCUT2D eigenvalue weighted by Crippen LogP contribution is -2.48. The Hall–Kier alpha value is -2.05. The van der Waals surface area contributed by atoms with Gasteiger partial charge in [-0.1, -0.05) is 0 Å². The summed E-state index contributed by atoms with van der Waals surface area (Å²) in [7, 11) is 1.42. The molecule has 2 amide bonds. The molecule has 0 radical (unpaired) electrons. The number of carbonyl (C=O) groups is 2. The number of ether oxygens (including phenoxy) is 1. The van der Waals surface area contributed by atoms with Crippen LogP contribution in [0.4, 0.5) is 10.5 Å². The Morgan fingerprint density at radius 3 is 2.52 bits per heavy atom. The van der Waals surface area contributed by atoms with Gasteiger partial charge < -0.3 is 15.4 Å². The number of methoxy groups -OCH3 is 1. The highest BCUT2D eigenvalue weighted by Crippen LogP contribution is 2.48. The molecule has 2 bridgehead atoms. The SMILES string of the molecule is COC(=O)[C@H]1[C@H]2CC[C@@H](C2)[C@@H]1NC(=O)Nc1c(C)nn(C(C)C)c1C. The van der Waals surface area contributed by atoms with E-state index < -0.39 is 0 Å². The van der Waals surface area contributed by atoms with Gasteiger partial charge in [-0.05, 0) is 58.8 Å². The number of urea groups is 1. The predicted octanol–water partition coefficient (Wildman–Crippen LogP) is 2.79. The van der Waals surface area contributed by atoms with E-state index in [9.17, 15) is 9.59 Å².